The summed E-state index contributed by atoms with van der Waals surface area (Å²) in [4.78, 5) is 0.896. The van der Waals surface area contributed by atoms with Gasteiger partial charge in [-0.3, -0.25) is 0 Å². The highest BCUT2D eigenvalue weighted by molar-refractivity contribution is 7.09. The van der Waals surface area contributed by atoms with E-state index in [-0.39, 0.29) is 39.6 Å². The standard InChI is InChI=1S/C32H33F3O6S/c33-25-13-11-22(12-14-25)16-40-29(20-38-17-23-6-1-3-9-27(23)34)31(36)32(37)30(41-19-26-8-5-15-42-26)21-39-18-24-7-2-4-10-28(24)35/h1-15,29-32,36-37H,16-21H2/t29-,30-,31-,32-/m1/s1. The van der Waals surface area contributed by atoms with Crippen LogP contribution in [-0.4, -0.2) is 47.8 Å². The molecule has 0 bridgehead atoms. The molecule has 1 heterocycles. The molecule has 0 aliphatic heterocycles. The van der Waals surface area contributed by atoms with E-state index >= 15 is 0 Å². The van der Waals surface area contributed by atoms with Crippen LogP contribution in [-0.2, 0) is 45.4 Å². The summed E-state index contributed by atoms with van der Waals surface area (Å²) < 4.78 is 64.8. The third-order valence-corrected chi connectivity index (χ3v) is 7.35. The molecule has 0 fully saturated rings. The molecule has 2 N–H and O–H groups in total. The smallest absolute Gasteiger partial charge is 0.128 e. The molecule has 3 aromatic carbocycles. The number of aliphatic hydroxyl groups excluding tert-OH is 2. The molecule has 0 spiro atoms. The molecule has 4 rings (SSSR count). The maximum atomic E-state index is 14.1. The lowest BCUT2D eigenvalue weighted by molar-refractivity contribution is -0.169. The Hall–Kier alpha value is -3.09. The number of benzene rings is 3. The van der Waals surface area contributed by atoms with Crippen LogP contribution >= 0.6 is 11.3 Å². The van der Waals surface area contributed by atoms with E-state index in [1.54, 1.807) is 48.5 Å². The van der Waals surface area contributed by atoms with E-state index in [1.807, 2.05) is 17.5 Å². The fourth-order valence-electron chi connectivity index (χ4n) is 4.10. The Morgan fingerprint density at radius 3 is 1.62 bits per heavy atom. The van der Waals surface area contributed by atoms with Gasteiger partial charge in [0.2, 0.25) is 0 Å². The molecule has 10 heteroatoms. The Bertz CT molecular complexity index is 1340. The van der Waals surface area contributed by atoms with Gasteiger partial charge in [-0.05, 0) is 41.3 Å². The van der Waals surface area contributed by atoms with Crippen molar-refractivity contribution in [3.8, 4) is 0 Å². The predicted octanol–water partition coefficient (Wildman–Crippen LogP) is 5.79. The van der Waals surface area contributed by atoms with Crippen molar-refractivity contribution in [2.24, 2.45) is 0 Å². The van der Waals surface area contributed by atoms with Crippen molar-refractivity contribution < 1.29 is 42.3 Å². The second-order valence-corrected chi connectivity index (χ2v) is 10.6. The Morgan fingerprint density at radius 2 is 1.12 bits per heavy atom. The summed E-state index contributed by atoms with van der Waals surface area (Å²) in [6.45, 7) is -0.358. The van der Waals surface area contributed by atoms with E-state index in [9.17, 15) is 23.4 Å². The average molecular weight is 603 g/mol. The minimum absolute atomic E-state index is 0.0116. The zero-order chi connectivity index (χ0) is 29.7. The summed E-state index contributed by atoms with van der Waals surface area (Å²) in [6.07, 6.45) is -5.11. The molecule has 0 radical (unpaired) electrons. The first kappa shape index (κ1) is 31.8. The molecule has 0 saturated carbocycles. The number of hydrogen-bond donors (Lipinski definition) is 2. The molecule has 4 atom stereocenters. The van der Waals surface area contributed by atoms with Crippen molar-refractivity contribution in [2.45, 2.75) is 50.8 Å². The summed E-state index contributed by atoms with van der Waals surface area (Å²) in [6, 6.07) is 21.7. The third kappa shape index (κ3) is 9.74. The Kier molecular flexibility index (Phi) is 12.5. The van der Waals surface area contributed by atoms with Crippen LogP contribution < -0.4 is 0 Å². The van der Waals surface area contributed by atoms with Crippen LogP contribution in [0.1, 0.15) is 21.6 Å². The second-order valence-electron chi connectivity index (χ2n) is 9.60. The molecule has 6 nitrogen and oxygen atoms in total. The molecule has 4 aromatic rings. The maximum Gasteiger partial charge on any atom is 0.128 e. The van der Waals surface area contributed by atoms with Crippen molar-refractivity contribution >= 4 is 11.3 Å². The van der Waals surface area contributed by atoms with Gasteiger partial charge < -0.3 is 29.2 Å². The molecule has 0 aliphatic rings. The number of aliphatic hydroxyl groups is 2. The largest absolute Gasteiger partial charge is 0.388 e. The molecule has 0 unspecified atom stereocenters. The lowest BCUT2D eigenvalue weighted by Crippen LogP contribution is -2.49. The normalized spacial score (nSPS) is 14.4. The van der Waals surface area contributed by atoms with Crippen molar-refractivity contribution in [3.63, 3.8) is 0 Å². The first-order chi connectivity index (χ1) is 20.4. The molecule has 224 valence electrons. The van der Waals surface area contributed by atoms with E-state index < -0.39 is 41.9 Å². The van der Waals surface area contributed by atoms with Gasteiger partial charge in [0, 0.05) is 16.0 Å². The highest BCUT2D eigenvalue weighted by atomic mass is 32.1. The molecule has 0 amide bonds. The lowest BCUT2D eigenvalue weighted by Gasteiger charge is -2.31. The Morgan fingerprint density at radius 1 is 0.595 bits per heavy atom. The van der Waals surface area contributed by atoms with Gasteiger partial charge in [0.25, 0.3) is 0 Å². The number of rotatable bonds is 17. The summed E-state index contributed by atoms with van der Waals surface area (Å²) in [5.74, 6) is -1.26. The van der Waals surface area contributed by atoms with Gasteiger partial charge >= 0.3 is 0 Å². The maximum absolute atomic E-state index is 14.1. The Labute approximate surface area is 246 Å². The van der Waals surface area contributed by atoms with Crippen LogP contribution in [0.2, 0.25) is 0 Å². The van der Waals surface area contributed by atoms with E-state index in [0.29, 0.717) is 16.7 Å². The SMILES string of the molecule is O[C@@H]([C@H](O)[C@@H](COCc1ccccc1F)OCc1cccs1)[C@@H](COCc1ccccc1F)OCc1ccc(F)cc1. The van der Waals surface area contributed by atoms with Gasteiger partial charge in [-0.1, -0.05) is 54.6 Å². The minimum Gasteiger partial charge on any atom is -0.388 e. The van der Waals surface area contributed by atoms with Crippen LogP contribution in [0.15, 0.2) is 90.3 Å². The topological polar surface area (TPSA) is 77.4 Å². The lowest BCUT2D eigenvalue weighted by atomic mass is 10.0. The van der Waals surface area contributed by atoms with Crippen molar-refractivity contribution in [1.82, 2.24) is 0 Å². The monoisotopic (exact) mass is 602 g/mol. The highest BCUT2D eigenvalue weighted by Gasteiger charge is 2.34. The van der Waals surface area contributed by atoms with E-state index in [2.05, 4.69) is 0 Å². The zero-order valence-corrected chi connectivity index (χ0v) is 23.6. The van der Waals surface area contributed by atoms with E-state index in [0.717, 1.165) is 4.88 Å². The zero-order valence-electron chi connectivity index (χ0n) is 22.8. The highest BCUT2D eigenvalue weighted by Crippen LogP contribution is 2.19. The minimum atomic E-state index is -1.52. The van der Waals surface area contributed by atoms with Crippen molar-refractivity contribution in [1.29, 1.82) is 0 Å². The van der Waals surface area contributed by atoms with E-state index in [4.69, 9.17) is 18.9 Å². The third-order valence-electron chi connectivity index (χ3n) is 6.50. The van der Waals surface area contributed by atoms with Crippen LogP contribution in [0.25, 0.3) is 0 Å². The molecule has 42 heavy (non-hydrogen) atoms. The number of halogens is 3. The summed E-state index contributed by atoms with van der Waals surface area (Å²) >= 11 is 1.47. The van der Waals surface area contributed by atoms with Crippen molar-refractivity contribution in [3.05, 3.63) is 129 Å². The van der Waals surface area contributed by atoms with Crippen LogP contribution in [0.3, 0.4) is 0 Å². The molecular formula is C32H33F3O6S. The van der Waals surface area contributed by atoms with Gasteiger partial charge in [-0.15, -0.1) is 11.3 Å². The van der Waals surface area contributed by atoms with Crippen LogP contribution in [0.5, 0.6) is 0 Å². The molecular weight excluding hydrogens is 569 g/mol. The van der Waals surface area contributed by atoms with Crippen LogP contribution in [0.4, 0.5) is 13.2 Å². The van der Waals surface area contributed by atoms with Crippen molar-refractivity contribution in [2.75, 3.05) is 13.2 Å². The fraction of sp³-hybridized carbons (Fsp3) is 0.312. The summed E-state index contributed by atoms with van der Waals surface area (Å²) in [7, 11) is 0. The van der Waals surface area contributed by atoms with Gasteiger partial charge in [-0.2, -0.15) is 0 Å². The van der Waals surface area contributed by atoms with Gasteiger partial charge in [0.1, 0.15) is 41.9 Å². The summed E-state index contributed by atoms with van der Waals surface area (Å²) in [5.41, 5.74) is 1.30. The van der Waals surface area contributed by atoms with Gasteiger partial charge in [0.15, 0.2) is 0 Å². The first-order valence-electron chi connectivity index (χ1n) is 13.4. The first-order valence-corrected chi connectivity index (χ1v) is 14.3. The molecule has 1 aromatic heterocycles. The number of ether oxygens (including phenoxy) is 4. The fourth-order valence-corrected chi connectivity index (χ4v) is 4.72. The second kappa shape index (κ2) is 16.5. The predicted molar refractivity (Wildman–Crippen MR) is 152 cm³/mol. The summed E-state index contributed by atoms with van der Waals surface area (Å²) in [5, 5.41) is 24.4. The van der Waals surface area contributed by atoms with Gasteiger partial charge in [-0.25, -0.2) is 13.2 Å². The quantitative estimate of drug-likeness (QED) is 0.159. The number of thiophene rings is 1. The number of hydrogen-bond acceptors (Lipinski definition) is 7. The van der Waals surface area contributed by atoms with Gasteiger partial charge in [0.05, 0.1) is 39.6 Å². The molecule has 0 saturated heterocycles. The van der Waals surface area contributed by atoms with E-state index in [1.165, 1.54) is 35.6 Å². The van der Waals surface area contributed by atoms with Crippen LogP contribution in [0, 0.1) is 17.5 Å². The Balaban J connectivity index is 1.44. The molecule has 0 aliphatic carbocycles. The average Bonchev–Trinajstić information content (AvgIpc) is 3.52.